The van der Waals surface area contributed by atoms with Crippen molar-refractivity contribution in [3.05, 3.63) is 22.7 Å². The van der Waals surface area contributed by atoms with Crippen LogP contribution in [0.15, 0.2) is 12.1 Å². The Bertz CT molecular complexity index is 421. The summed E-state index contributed by atoms with van der Waals surface area (Å²) in [7, 11) is 0. The monoisotopic (exact) mass is 266 g/mol. The lowest BCUT2D eigenvalue weighted by Gasteiger charge is -2.38. The second kappa shape index (κ2) is 5.40. The van der Waals surface area contributed by atoms with Gasteiger partial charge in [-0.15, -0.1) is 0 Å². The fourth-order valence-electron chi connectivity index (χ4n) is 3.15. The number of piperidine rings is 1. The predicted octanol–water partition coefficient (Wildman–Crippen LogP) is 3.97. The molecule has 1 fully saturated rings. The lowest BCUT2D eigenvalue weighted by Crippen LogP contribution is -2.39. The van der Waals surface area contributed by atoms with Crippen molar-refractivity contribution in [1.82, 2.24) is 0 Å². The fourth-order valence-corrected chi connectivity index (χ4v) is 3.52. The van der Waals surface area contributed by atoms with E-state index >= 15 is 0 Å². The first-order valence-electron chi connectivity index (χ1n) is 6.84. The third-order valence-corrected chi connectivity index (χ3v) is 4.02. The van der Waals surface area contributed by atoms with E-state index in [1.165, 1.54) is 17.7 Å². The van der Waals surface area contributed by atoms with Crippen molar-refractivity contribution in [2.45, 2.75) is 33.6 Å². The van der Waals surface area contributed by atoms with Crippen molar-refractivity contribution in [3.8, 4) is 0 Å². The average molecular weight is 267 g/mol. The molecule has 0 unspecified atom stereocenters. The number of halogens is 1. The number of anilines is 2. The Morgan fingerprint density at radius 3 is 2.44 bits per heavy atom. The number of hydrogen-bond acceptors (Lipinski definition) is 2. The molecule has 1 heterocycles. The molecule has 1 saturated heterocycles. The van der Waals surface area contributed by atoms with E-state index in [1.807, 2.05) is 6.07 Å². The van der Waals surface area contributed by atoms with Gasteiger partial charge in [0.1, 0.15) is 0 Å². The minimum Gasteiger partial charge on any atom is -0.399 e. The molecule has 3 heteroatoms. The molecule has 0 aromatic heterocycles. The van der Waals surface area contributed by atoms with Crippen LogP contribution in [0.4, 0.5) is 11.4 Å². The number of benzene rings is 1. The Morgan fingerprint density at radius 1 is 1.28 bits per heavy atom. The van der Waals surface area contributed by atoms with Gasteiger partial charge in [0, 0.05) is 18.8 Å². The molecule has 2 N–H and O–H groups in total. The minimum atomic E-state index is 0.729. The van der Waals surface area contributed by atoms with Crippen LogP contribution in [-0.4, -0.2) is 13.1 Å². The minimum absolute atomic E-state index is 0.729. The van der Waals surface area contributed by atoms with E-state index in [0.29, 0.717) is 0 Å². The highest BCUT2D eigenvalue weighted by molar-refractivity contribution is 6.33. The Labute approximate surface area is 115 Å². The molecular formula is C15H23ClN2. The van der Waals surface area contributed by atoms with Crippen LogP contribution in [0.2, 0.25) is 5.02 Å². The third-order valence-electron chi connectivity index (χ3n) is 3.73. The second-order valence-corrected chi connectivity index (χ2v) is 6.12. The maximum Gasteiger partial charge on any atom is 0.0662 e. The van der Waals surface area contributed by atoms with Crippen molar-refractivity contribution < 1.29 is 0 Å². The second-order valence-electron chi connectivity index (χ2n) is 5.72. The smallest absolute Gasteiger partial charge is 0.0662 e. The van der Waals surface area contributed by atoms with Gasteiger partial charge < -0.3 is 10.6 Å². The highest BCUT2D eigenvalue weighted by atomic mass is 35.5. The lowest BCUT2D eigenvalue weighted by molar-refractivity contribution is 0.356. The van der Waals surface area contributed by atoms with Gasteiger partial charge in [0.2, 0.25) is 0 Å². The Hall–Kier alpha value is -0.890. The number of nitrogens with two attached hydrogens (primary N) is 1. The van der Waals surface area contributed by atoms with Crippen molar-refractivity contribution in [3.63, 3.8) is 0 Å². The van der Waals surface area contributed by atoms with E-state index in [1.54, 1.807) is 0 Å². The van der Waals surface area contributed by atoms with Crippen molar-refractivity contribution in [2.24, 2.45) is 11.8 Å². The number of aryl methyl sites for hydroxylation is 1. The molecule has 2 rings (SSSR count). The fraction of sp³-hybridized carbons (Fsp3) is 0.600. The summed E-state index contributed by atoms with van der Waals surface area (Å²) < 4.78 is 0. The molecule has 0 saturated carbocycles. The van der Waals surface area contributed by atoms with Gasteiger partial charge >= 0.3 is 0 Å². The van der Waals surface area contributed by atoms with Crippen LogP contribution in [0.3, 0.4) is 0 Å². The molecule has 2 nitrogen and oxygen atoms in total. The molecule has 1 aliphatic heterocycles. The van der Waals surface area contributed by atoms with Crippen LogP contribution >= 0.6 is 11.6 Å². The van der Waals surface area contributed by atoms with Crippen molar-refractivity contribution >= 4 is 23.0 Å². The summed E-state index contributed by atoms with van der Waals surface area (Å²) in [6.07, 6.45) is 2.28. The molecule has 0 bridgehead atoms. The molecule has 2 atom stereocenters. The maximum absolute atomic E-state index is 6.42. The maximum atomic E-state index is 6.42. The van der Waals surface area contributed by atoms with Gasteiger partial charge in [-0.1, -0.05) is 32.4 Å². The van der Waals surface area contributed by atoms with E-state index in [2.05, 4.69) is 31.7 Å². The topological polar surface area (TPSA) is 29.3 Å². The highest BCUT2D eigenvalue weighted by Gasteiger charge is 2.24. The van der Waals surface area contributed by atoms with Gasteiger partial charge in [0.25, 0.3) is 0 Å². The van der Waals surface area contributed by atoms with E-state index in [-0.39, 0.29) is 0 Å². The normalized spacial score (nSPS) is 24.3. The summed E-state index contributed by atoms with van der Waals surface area (Å²) in [6, 6.07) is 3.94. The van der Waals surface area contributed by atoms with E-state index in [4.69, 9.17) is 17.3 Å². The first kappa shape index (κ1) is 13.5. The Balaban J connectivity index is 2.37. The molecule has 0 radical (unpaired) electrons. The number of hydrogen-bond donors (Lipinski definition) is 1. The van der Waals surface area contributed by atoms with Crippen LogP contribution in [0.25, 0.3) is 0 Å². The summed E-state index contributed by atoms with van der Waals surface area (Å²) in [5.41, 5.74) is 9.11. The predicted molar refractivity (Wildman–Crippen MR) is 80.4 cm³/mol. The standard InChI is InChI=1S/C15H23ClN2/c1-4-12-6-13(17)7-14(16)15(12)18-8-10(2)5-11(3)9-18/h6-7,10-11H,4-5,8-9,17H2,1-3H3/t10-,11-/m1/s1. The Morgan fingerprint density at radius 2 is 1.89 bits per heavy atom. The molecule has 1 aliphatic rings. The molecule has 0 amide bonds. The van der Waals surface area contributed by atoms with Gasteiger partial charge in [-0.25, -0.2) is 0 Å². The number of nitrogen functional groups attached to an aromatic ring is 1. The van der Waals surface area contributed by atoms with Crippen LogP contribution in [0.5, 0.6) is 0 Å². The molecule has 100 valence electrons. The van der Waals surface area contributed by atoms with Gasteiger partial charge in [0.05, 0.1) is 10.7 Å². The molecule has 18 heavy (non-hydrogen) atoms. The molecule has 0 spiro atoms. The third kappa shape index (κ3) is 2.74. The molecular weight excluding hydrogens is 244 g/mol. The van der Waals surface area contributed by atoms with Gasteiger partial charge in [-0.2, -0.15) is 0 Å². The van der Waals surface area contributed by atoms with Gasteiger partial charge in [0.15, 0.2) is 0 Å². The summed E-state index contributed by atoms with van der Waals surface area (Å²) in [6.45, 7) is 8.99. The van der Waals surface area contributed by atoms with E-state index in [9.17, 15) is 0 Å². The van der Waals surface area contributed by atoms with Crippen LogP contribution in [0.1, 0.15) is 32.8 Å². The Kier molecular flexibility index (Phi) is 4.06. The molecule has 1 aromatic rings. The zero-order valence-corrected chi connectivity index (χ0v) is 12.3. The van der Waals surface area contributed by atoms with E-state index < -0.39 is 0 Å². The molecule has 0 aliphatic carbocycles. The first-order chi connectivity index (χ1) is 8.51. The summed E-state index contributed by atoms with van der Waals surface area (Å²) in [5, 5.41) is 0.799. The van der Waals surface area contributed by atoms with E-state index in [0.717, 1.165) is 42.1 Å². The highest BCUT2D eigenvalue weighted by Crippen LogP contribution is 2.36. The van der Waals surface area contributed by atoms with Gasteiger partial charge in [-0.3, -0.25) is 0 Å². The largest absolute Gasteiger partial charge is 0.399 e. The van der Waals surface area contributed by atoms with Crippen LogP contribution in [0, 0.1) is 11.8 Å². The molecule has 1 aromatic carbocycles. The summed E-state index contributed by atoms with van der Waals surface area (Å²) in [5.74, 6) is 1.46. The lowest BCUT2D eigenvalue weighted by atomic mass is 9.91. The number of rotatable bonds is 2. The number of nitrogens with zero attached hydrogens (tertiary/aromatic N) is 1. The van der Waals surface area contributed by atoms with Crippen molar-refractivity contribution in [2.75, 3.05) is 23.7 Å². The summed E-state index contributed by atoms with van der Waals surface area (Å²) in [4.78, 5) is 2.44. The van der Waals surface area contributed by atoms with Crippen LogP contribution < -0.4 is 10.6 Å². The zero-order chi connectivity index (χ0) is 13.3. The quantitative estimate of drug-likeness (QED) is 0.821. The first-order valence-corrected chi connectivity index (χ1v) is 7.21. The zero-order valence-electron chi connectivity index (χ0n) is 11.5. The van der Waals surface area contributed by atoms with Crippen LogP contribution in [-0.2, 0) is 6.42 Å². The average Bonchev–Trinajstić information content (AvgIpc) is 2.26. The SMILES string of the molecule is CCc1cc(N)cc(Cl)c1N1C[C@H](C)C[C@@H](C)C1. The summed E-state index contributed by atoms with van der Waals surface area (Å²) >= 11 is 6.42. The van der Waals surface area contributed by atoms with Gasteiger partial charge in [-0.05, 0) is 42.4 Å². The van der Waals surface area contributed by atoms with Crippen molar-refractivity contribution in [1.29, 1.82) is 0 Å².